The van der Waals surface area contributed by atoms with E-state index < -0.39 is 0 Å². The van der Waals surface area contributed by atoms with Crippen LogP contribution in [0.5, 0.6) is 0 Å². The smallest absolute Gasteiger partial charge is 0.183 e. The summed E-state index contributed by atoms with van der Waals surface area (Å²) in [6.07, 6.45) is 2.33. The average Bonchev–Trinajstić information content (AvgIpc) is 2.60. The number of nitrogens with one attached hydrogen (secondary N) is 1. The van der Waals surface area contributed by atoms with Crippen LogP contribution < -0.4 is 5.32 Å². The molecular weight excluding hydrogens is 140 g/mol. The number of rotatable bonds is 2. The Hall–Kier alpha value is -0.570. The minimum Gasteiger partial charge on any atom is -0.479 e. The summed E-state index contributed by atoms with van der Waals surface area (Å²) in [5.41, 5.74) is 0. The van der Waals surface area contributed by atoms with E-state index in [4.69, 9.17) is 4.74 Å². The zero-order valence-electron chi connectivity index (χ0n) is 6.68. The average molecular weight is 154 g/mol. The number of nitrogens with zero attached hydrogens (tertiary/aromatic N) is 1. The monoisotopic (exact) mass is 154 g/mol. The molecule has 0 aromatic carbocycles. The van der Waals surface area contributed by atoms with Gasteiger partial charge >= 0.3 is 0 Å². The molecule has 1 saturated heterocycles. The summed E-state index contributed by atoms with van der Waals surface area (Å²) in [4.78, 5) is 4.27. The Labute approximate surface area is 66.8 Å². The van der Waals surface area contributed by atoms with Crippen molar-refractivity contribution < 1.29 is 4.74 Å². The molecule has 0 radical (unpaired) electrons. The molecule has 2 rings (SSSR count). The van der Waals surface area contributed by atoms with Gasteiger partial charge in [-0.25, -0.2) is 0 Å². The van der Waals surface area contributed by atoms with Gasteiger partial charge in [-0.2, -0.15) is 0 Å². The lowest BCUT2D eigenvalue weighted by atomic mass is 10.1. The van der Waals surface area contributed by atoms with E-state index in [1.54, 1.807) is 0 Å². The first-order valence-electron chi connectivity index (χ1n) is 4.32. The Bertz CT molecular complexity index is 161. The van der Waals surface area contributed by atoms with Crippen LogP contribution in [0.15, 0.2) is 4.99 Å². The van der Waals surface area contributed by atoms with Crippen LogP contribution >= 0.6 is 0 Å². The topological polar surface area (TPSA) is 33.6 Å². The van der Waals surface area contributed by atoms with Gasteiger partial charge in [-0.15, -0.1) is 0 Å². The van der Waals surface area contributed by atoms with E-state index in [1.165, 1.54) is 6.42 Å². The molecule has 11 heavy (non-hydrogen) atoms. The normalized spacial score (nSPS) is 30.2. The Morgan fingerprint density at radius 3 is 3.27 bits per heavy atom. The largest absolute Gasteiger partial charge is 0.479 e. The van der Waals surface area contributed by atoms with Crippen LogP contribution in [0.25, 0.3) is 0 Å². The van der Waals surface area contributed by atoms with E-state index in [1.807, 2.05) is 0 Å². The molecule has 2 heterocycles. The highest BCUT2D eigenvalue weighted by molar-refractivity contribution is 5.77. The van der Waals surface area contributed by atoms with Crippen molar-refractivity contribution in [1.82, 2.24) is 5.32 Å². The minimum absolute atomic E-state index is 0.770. The molecule has 1 atom stereocenters. The van der Waals surface area contributed by atoms with Crippen LogP contribution in [0.3, 0.4) is 0 Å². The molecule has 3 heteroatoms. The first-order valence-corrected chi connectivity index (χ1v) is 4.32. The molecule has 1 fully saturated rings. The number of aliphatic imine (C=N–C) groups is 1. The van der Waals surface area contributed by atoms with Gasteiger partial charge in [0, 0.05) is 6.42 Å². The van der Waals surface area contributed by atoms with E-state index in [0.29, 0.717) is 0 Å². The van der Waals surface area contributed by atoms with Gasteiger partial charge in [0.25, 0.3) is 0 Å². The molecule has 0 saturated carbocycles. The van der Waals surface area contributed by atoms with Crippen molar-refractivity contribution in [3.8, 4) is 0 Å². The molecule has 62 valence electrons. The van der Waals surface area contributed by atoms with Gasteiger partial charge in [-0.1, -0.05) is 0 Å². The second-order valence-electron chi connectivity index (χ2n) is 3.19. The van der Waals surface area contributed by atoms with Crippen molar-refractivity contribution in [1.29, 1.82) is 0 Å². The fourth-order valence-corrected chi connectivity index (χ4v) is 1.64. The van der Waals surface area contributed by atoms with Crippen molar-refractivity contribution in [2.75, 3.05) is 26.2 Å². The molecule has 1 unspecified atom stereocenters. The molecule has 0 aromatic rings. The molecular formula is C8H14N2O. The molecule has 2 aliphatic heterocycles. The highest BCUT2D eigenvalue weighted by Gasteiger charge is 2.18. The molecule has 0 bridgehead atoms. The van der Waals surface area contributed by atoms with Crippen LogP contribution in [-0.2, 0) is 4.74 Å². The molecule has 1 N–H and O–H groups in total. The standard InChI is InChI=1S/C8H14N2O/c1-2-9-6-7(1)5-8-10-3-4-11-8/h7,9H,1-6H2. The van der Waals surface area contributed by atoms with Crippen molar-refractivity contribution in [2.45, 2.75) is 12.8 Å². The lowest BCUT2D eigenvalue weighted by Crippen LogP contribution is -2.12. The summed E-state index contributed by atoms with van der Waals surface area (Å²) in [5.74, 6) is 1.76. The van der Waals surface area contributed by atoms with E-state index in [-0.39, 0.29) is 0 Å². The summed E-state index contributed by atoms with van der Waals surface area (Å²) in [6, 6.07) is 0. The zero-order valence-corrected chi connectivity index (χ0v) is 6.68. The Morgan fingerprint density at radius 2 is 2.64 bits per heavy atom. The van der Waals surface area contributed by atoms with Gasteiger partial charge in [0.05, 0.1) is 6.54 Å². The Balaban J connectivity index is 1.79. The maximum absolute atomic E-state index is 5.34. The van der Waals surface area contributed by atoms with Crippen molar-refractivity contribution in [3.63, 3.8) is 0 Å². The van der Waals surface area contributed by atoms with Crippen molar-refractivity contribution in [2.24, 2.45) is 10.9 Å². The van der Waals surface area contributed by atoms with Crippen molar-refractivity contribution in [3.05, 3.63) is 0 Å². The first kappa shape index (κ1) is 7.10. The van der Waals surface area contributed by atoms with Gasteiger partial charge in [0.1, 0.15) is 6.61 Å². The fraction of sp³-hybridized carbons (Fsp3) is 0.875. The maximum atomic E-state index is 5.34. The molecule has 3 nitrogen and oxygen atoms in total. The summed E-state index contributed by atoms with van der Waals surface area (Å²) >= 11 is 0. The molecule has 0 amide bonds. The number of ether oxygens (including phenoxy) is 1. The second kappa shape index (κ2) is 3.22. The zero-order chi connectivity index (χ0) is 7.52. The van der Waals surface area contributed by atoms with E-state index >= 15 is 0 Å². The molecule has 0 aromatic heterocycles. The van der Waals surface area contributed by atoms with Crippen LogP contribution in [0.2, 0.25) is 0 Å². The molecule has 2 aliphatic rings. The highest BCUT2D eigenvalue weighted by Crippen LogP contribution is 2.14. The van der Waals surface area contributed by atoms with Gasteiger partial charge in [0.2, 0.25) is 0 Å². The van der Waals surface area contributed by atoms with Crippen LogP contribution in [0, 0.1) is 5.92 Å². The number of hydrogen-bond acceptors (Lipinski definition) is 3. The lowest BCUT2D eigenvalue weighted by Gasteiger charge is -2.06. The maximum Gasteiger partial charge on any atom is 0.183 e. The van der Waals surface area contributed by atoms with E-state index in [9.17, 15) is 0 Å². The lowest BCUT2D eigenvalue weighted by molar-refractivity contribution is 0.330. The Kier molecular flexibility index (Phi) is 2.08. The minimum atomic E-state index is 0.770. The van der Waals surface area contributed by atoms with Crippen molar-refractivity contribution >= 4 is 5.90 Å². The van der Waals surface area contributed by atoms with Gasteiger partial charge in [0.15, 0.2) is 5.90 Å². The van der Waals surface area contributed by atoms with Crippen LogP contribution in [0.4, 0.5) is 0 Å². The third kappa shape index (κ3) is 1.71. The van der Waals surface area contributed by atoms with Crippen LogP contribution in [0.1, 0.15) is 12.8 Å². The van der Waals surface area contributed by atoms with Gasteiger partial charge < -0.3 is 10.1 Å². The number of hydrogen-bond donors (Lipinski definition) is 1. The third-order valence-electron chi connectivity index (χ3n) is 2.27. The van der Waals surface area contributed by atoms with E-state index in [0.717, 1.165) is 44.5 Å². The highest BCUT2D eigenvalue weighted by atomic mass is 16.5. The quantitative estimate of drug-likeness (QED) is 0.625. The first-order chi connectivity index (χ1) is 5.45. The van der Waals surface area contributed by atoms with Crippen LogP contribution in [-0.4, -0.2) is 32.1 Å². The third-order valence-corrected chi connectivity index (χ3v) is 2.27. The second-order valence-corrected chi connectivity index (χ2v) is 3.19. The van der Waals surface area contributed by atoms with Gasteiger partial charge in [-0.05, 0) is 25.4 Å². The van der Waals surface area contributed by atoms with Gasteiger partial charge in [-0.3, -0.25) is 4.99 Å². The summed E-state index contributed by atoms with van der Waals surface area (Å²) in [6.45, 7) is 3.98. The fourth-order valence-electron chi connectivity index (χ4n) is 1.64. The predicted octanol–water partition coefficient (Wildman–Crippen LogP) is 0.415. The molecule has 0 spiro atoms. The summed E-state index contributed by atoms with van der Waals surface area (Å²) in [7, 11) is 0. The predicted molar refractivity (Wildman–Crippen MR) is 43.8 cm³/mol. The Morgan fingerprint density at radius 1 is 1.64 bits per heavy atom. The summed E-state index contributed by atoms with van der Waals surface area (Å²) in [5, 5.41) is 3.34. The summed E-state index contributed by atoms with van der Waals surface area (Å²) < 4.78 is 5.34. The van der Waals surface area contributed by atoms with E-state index in [2.05, 4.69) is 10.3 Å². The SMILES string of the molecule is C1COC(CC2CCNC2)=N1. The molecule has 0 aliphatic carbocycles.